The normalized spacial score (nSPS) is 16.8. The predicted molar refractivity (Wildman–Crippen MR) is 115 cm³/mol. The molecule has 1 aliphatic heterocycles. The minimum Gasteiger partial charge on any atom is -0.339 e. The maximum Gasteiger partial charge on any atom is 0.253 e. The van der Waals surface area contributed by atoms with Crippen LogP contribution in [0.2, 0.25) is 0 Å². The summed E-state index contributed by atoms with van der Waals surface area (Å²) >= 11 is 1.78. The van der Waals surface area contributed by atoms with Crippen molar-refractivity contribution in [2.45, 2.75) is 42.8 Å². The van der Waals surface area contributed by atoms with E-state index >= 15 is 0 Å². The molecule has 7 heteroatoms. The summed E-state index contributed by atoms with van der Waals surface area (Å²) in [7, 11) is 0. The highest BCUT2D eigenvalue weighted by Gasteiger charge is 2.29. The lowest BCUT2D eigenvalue weighted by Crippen LogP contribution is -2.39. The second-order valence-corrected chi connectivity index (χ2v) is 9.40. The van der Waals surface area contributed by atoms with Gasteiger partial charge in [0.1, 0.15) is 5.82 Å². The Bertz CT molecular complexity index is 1020. The van der Waals surface area contributed by atoms with Gasteiger partial charge in [-0.3, -0.25) is 4.79 Å². The van der Waals surface area contributed by atoms with E-state index in [1.165, 1.54) is 12.1 Å². The zero-order valence-electron chi connectivity index (χ0n) is 17.0. The molecule has 5 nitrogen and oxygen atoms in total. The monoisotopic (exact) mass is 425 g/mol. The fourth-order valence-corrected chi connectivity index (χ4v) is 4.48. The second kappa shape index (κ2) is 9.00. The fourth-order valence-electron chi connectivity index (χ4n) is 3.64. The lowest BCUT2D eigenvalue weighted by Gasteiger charge is -2.31. The third kappa shape index (κ3) is 4.73. The average Bonchev–Trinajstić information content (AvgIpc) is 3.24. The van der Waals surface area contributed by atoms with Crippen LogP contribution in [-0.2, 0) is 0 Å². The van der Waals surface area contributed by atoms with Crippen LogP contribution in [0.15, 0.2) is 57.9 Å². The molecule has 2 heterocycles. The van der Waals surface area contributed by atoms with Crippen molar-refractivity contribution in [3.8, 4) is 11.4 Å². The fraction of sp³-hybridized carbons (Fsp3) is 0.348. The van der Waals surface area contributed by atoms with E-state index in [9.17, 15) is 9.18 Å². The number of hydrogen-bond acceptors (Lipinski definition) is 5. The third-order valence-corrected chi connectivity index (χ3v) is 6.07. The third-order valence-electron chi connectivity index (χ3n) is 5.06. The molecule has 0 spiro atoms. The van der Waals surface area contributed by atoms with Crippen molar-refractivity contribution in [1.82, 2.24) is 15.0 Å². The summed E-state index contributed by atoms with van der Waals surface area (Å²) in [5.41, 5.74) is 1.27. The number of aromatic nitrogens is 2. The summed E-state index contributed by atoms with van der Waals surface area (Å²) in [6.45, 7) is 5.54. The Morgan fingerprint density at radius 3 is 2.77 bits per heavy atom. The molecule has 0 saturated carbocycles. The number of benzene rings is 2. The van der Waals surface area contributed by atoms with Gasteiger partial charge in [0.15, 0.2) is 0 Å². The molecule has 156 valence electrons. The number of nitrogens with zero attached hydrogens (tertiary/aromatic N) is 3. The molecule has 1 fully saturated rings. The first-order chi connectivity index (χ1) is 14.5. The molecule has 1 aliphatic rings. The van der Waals surface area contributed by atoms with Crippen LogP contribution < -0.4 is 0 Å². The lowest BCUT2D eigenvalue weighted by molar-refractivity contribution is 0.0695. The number of rotatable bonds is 5. The minimum atomic E-state index is -0.342. The van der Waals surface area contributed by atoms with Gasteiger partial charge in [0.2, 0.25) is 11.7 Å². The number of hydrogen-bond donors (Lipinski definition) is 0. The van der Waals surface area contributed by atoms with Gasteiger partial charge < -0.3 is 9.42 Å². The Labute approximate surface area is 179 Å². The van der Waals surface area contributed by atoms with E-state index in [2.05, 4.69) is 24.0 Å². The Balaban J connectivity index is 1.45. The predicted octanol–water partition coefficient (Wildman–Crippen LogP) is 5.40. The van der Waals surface area contributed by atoms with Gasteiger partial charge in [-0.25, -0.2) is 4.39 Å². The number of carbonyl (C=O) groups excluding carboxylic acids is 1. The largest absolute Gasteiger partial charge is 0.339 e. The first kappa shape index (κ1) is 20.6. The summed E-state index contributed by atoms with van der Waals surface area (Å²) in [6, 6.07) is 13.9. The molecule has 1 atom stereocenters. The summed E-state index contributed by atoms with van der Waals surface area (Å²) in [5.74, 6) is 0.520. The van der Waals surface area contributed by atoms with Crippen LogP contribution in [0.1, 0.15) is 48.9 Å². The topological polar surface area (TPSA) is 59.2 Å². The number of amides is 1. The summed E-state index contributed by atoms with van der Waals surface area (Å²) in [4.78, 5) is 20.5. The van der Waals surface area contributed by atoms with Crippen molar-refractivity contribution < 1.29 is 13.7 Å². The molecule has 1 unspecified atom stereocenters. The maximum atomic E-state index is 13.5. The van der Waals surface area contributed by atoms with Crippen molar-refractivity contribution in [3.05, 3.63) is 65.8 Å². The quantitative estimate of drug-likeness (QED) is 0.513. The van der Waals surface area contributed by atoms with Crippen LogP contribution in [0.4, 0.5) is 4.39 Å². The highest BCUT2D eigenvalue weighted by atomic mass is 32.2. The molecule has 30 heavy (non-hydrogen) atoms. The zero-order valence-corrected chi connectivity index (χ0v) is 17.9. The Morgan fingerprint density at radius 2 is 2.03 bits per heavy atom. The molecule has 1 amide bonds. The molecule has 2 aromatic carbocycles. The highest BCUT2D eigenvalue weighted by Crippen LogP contribution is 2.29. The maximum absolute atomic E-state index is 13.5. The molecule has 0 N–H and O–H groups in total. The summed E-state index contributed by atoms with van der Waals surface area (Å²) < 4.78 is 18.9. The van der Waals surface area contributed by atoms with Crippen LogP contribution in [0.3, 0.4) is 0 Å². The SMILES string of the molecule is CC(C)Sc1ccc(C(=O)N2CCCC(c3nc(-c4cccc(F)c4)no3)C2)cc1. The summed E-state index contributed by atoms with van der Waals surface area (Å²) in [5, 5.41) is 4.51. The minimum absolute atomic E-state index is 0.0191. The molecule has 3 aromatic rings. The van der Waals surface area contributed by atoms with E-state index in [-0.39, 0.29) is 17.6 Å². The highest BCUT2D eigenvalue weighted by molar-refractivity contribution is 7.99. The van der Waals surface area contributed by atoms with Crippen LogP contribution in [0.25, 0.3) is 11.4 Å². The molecule has 1 aromatic heterocycles. The number of likely N-dealkylation sites (tertiary alicyclic amines) is 1. The number of piperidine rings is 1. The molecule has 1 saturated heterocycles. The van der Waals surface area contributed by atoms with Gasteiger partial charge in [0.05, 0.1) is 5.92 Å². The first-order valence-corrected chi connectivity index (χ1v) is 11.0. The Morgan fingerprint density at radius 1 is 1.23 bits per heavy atom. The van der Waals surface area contributed by atoms with Gasteiger partial charge in [-0.05, 0) is 49.2 Å². The van der Waals surface area contributed by atoms with Gasteiger partial charge >= 0.3 is 0 Å². The van der Waals surface area contributed by atoms with Crippen molar-refractivity contribution >= 4 is 17.7 Å². The lowest BCUT2D eigenvalue weighted by atomic mass is 9.97. The second-order valence-electron chi connectivity index (χ2n) is 7.75. The number of thioether (sulfide) groups is 1. The standard InChI is InChI=1S/C23H24FN3O2S/c1-15(2)30-20-10-8-16(9-11-20)23(28)27-12-4-6-18(14-27)22-25-21(26-29-22)17-5-3-7-19(24)13-17/h3,5,7-11,13,15,18H,4,6,12,14H2,1-2H3. The molecular formula is C23H24FN3O2S. The van der Waals surface area contributed by atoms with Crippen molar-refractivity contribution in [2.75, 3.05) is 13.1 Å². The van der Waals surface area contributed by atoms with E-state index in [1.54, 1.807) is 23.9 Å². The van der Waals surface area contributed by atoms with Gasteiger partial charge in [-0.2, -0.15) is 4.98 Å². The van der Waals surface area contributed by atoms with E-state index < -0.39 is 0 Å². The van der Waals surface area contributed by atoms with E-state index in [4.69, 9.17) is 4.52 Å². The van der Waals surface area contributed by atoms with Gasteiger partial charge in [-0.1, -0.05) is 31.1 Å². The Hall–Kier alpha value is -2.67. The van der Waals surface area contributed by atoms with Crippen LogP contribution in [0.5, 0.6) is 0 Å². The van der Waals surface area contributed by atoms with Crippen molar-refractivity contribution in [3.63, 3.8) is 0 Å². The number of carbonyl (C=O) groups is 1. The van der Waals surface area contributed by atoms with E-state index in [0.717, 1.165) is 17.7 Å². The smallest absolute Gasteiger partial charge is 0.253 e. The van der Waals surface area contributed by atoms with Gasteiger partial charge in [-0.15, -0.1) is 11.8 Å². The van der Waals surface area contributed by atoms with E-state index in [1.807, 2.05) is 29.2 Å². The van der Waals surface area contributed by atoms with Crippen LogP contribution in [0, 0.1) is 5.82 Å². The average molecular weight is 426 g/mol. The Kier molecular flexibility index (Phi) is 6.18. The molecule has 0 aliphatic carbocycles. The van der Waals surface area contributed by atoms with E-state index in [0.29, 0.717) is 41.2 Å². The van der Waals surface area contributed by atoms with Crippen molar-refractivity contribution in [1.29, 1.82) is 0 Å². The molecule has 4 rings (SSSR count). The van der Waals surface area contributed by atoms with Crippen LogP contribution >= 0.6 is 11.8 Å². The molecule has 0 radical (unpaired) electrons. The van der Waals surface area contributed by atoms with Gasteiger partial charge in [0.25, 0.3) is 5.91 Å². The molecular weight excluding hydrogens is 401 g/mol. The van der Waals surface area contributed by atoms with Crippen molar-refractivity contribution in [2.24, 2.45) is 0 Å². The zero-order chi connectivity index (χ0) is 21.1. The molecule has 0 bridgehead atoms. The number of halogens is 1. The summed E-state index contributed by atoms with van der Waals surface area (Å²) in [6.07, 6.45) is 1.74. The van der Waals surface area contributed by atoms with Crippen LogP contribution in [-0.4, -0.2) is 39.3 Å². The van der Waals surface area contributed by atoms with Gasteiger partial charge in [0, 0.05) is 34.4 Å². The first-order valence-electron chi connectivity index (χ1n) is 10.1.